The van der Waals surface area contributed by atoms with Crippen molar-refractivity contribution in [1.82, 2.24) is 0 Å². The summed E-state index contributed by atoms with van der Waals surface area (Å²) < 4.78 is 0. The molecule has 1 N–H and O–H groups in total. The summed E-state index contributed by atoms with van der Waals surface area (Å²) in [7, 11) is 0. The highest BCUT2D eigenvalue weighted by molar-refractivity contribution is 5.79. The van der Waals surface area contributed by atoms with Crippen LogP contribution in [-0.4, -0.2) is 5.11 Å². The number of allylic oxidation sites excluding steroid dienone is 6. The van der Waals surface area contributed by atoms with E-state index in [1.807, 2.05) is 30.3 Å². The van der Waals surface area contributed by atoms with Crippen molar-refractivity contribution in [1.29, 1.82) is 0 Å². The fourth-order valence-corrected chi connectivity index (χ4v) is 1.57. The molecule has 1 aromatic rings. The second-order valence-electron chi connectivity index (χ2n) is 3.93. The Morgan fingerprint density at radius 3 is 2.21 bits per heavy atom. The minimum atomic E-state index is 0.0833. The standard InChI is InChI=1S/C18H18O/c1-5-7-11-14(3)15(4)18(19)17(6-2)16-12-9-8-10-13-16/h5-13,19H,1-4H2/b11-7-,18-17-. The minimum absolute atomic E-state index is 0.0833. The van der Waals surface area contributed by atoms with E-state index in [-0.39, 0.29) is 5.76 Å². The van der Waals surface area contributed by atoms with Gasteiger partial charge in [-0.1, -0.05) is 81.0 Å². The second-order valence-corrected chi connectivity index (χ2v) is 3.93. The van der Waals surface area contributed by atoms with Crippen LogP contribution in [0, 0.1) is 0 Å². The molecule has 0 aliphatic rings. The molecule has 1 rings (SSSR count). The van der Waals surface area contributed by atoms with Gasteiger partial charge in [0.05, 0.1) is 0 Å². The molecule has 19 heavy (non-hydrogen) atoms. The van der Waals surface area contributed by atoms with Gasteiger partial charge in [-0.3, -0.25) is 0 Å². The van der Waals surface area contributed by atoms with Crippen molar-refractivity contribution in [3.63, 3.8) is 0 Å². The largest absolute Gasteiger partial charge is 0.507 e. The van der Waals surface area contributed by atoms with Crippen LogP contribution in [0.4, 0.5) is 0 Å². The molecule has 0 aliphatic carbocycles. The molecular formula is C18H18O. The van der Waals surface area contributed by atoms with E-state index in [1.165, 1.54) is 0 Å². The highest BCUT2D eigenvalue weighted by atomic mass is 16.3. The van der Waals surface area contributed by atoms with Crippen LogP contribution >= 0.6 is 0 Å². The molecule has 0 bridgehead atoms. The number of benzene rings is 1. The van der Waals surface area contributed by atoms with Gasteiger partial charge in [0.2, 0.25) is 0 Å². The van der Waals surface area contributed by atoms with Crippen LogP contribution in [0.3, 0.4) is 0 Å². The Morgan fingerprint density at radius 2 is 1.68 bits per heavy atom. The van der Waals surface area contributed by atoms with E-state index in [0.29, 0.717) is 16.7 Å². The molecule has 0 spiro atoms. The first-order chi connectivity index (χ1) is 9.11. The number of rotatable bonds is 6. The summed E-state index contributed by atoms with van der Waals surface area (Å²) in [5.41, 5.74) is 2.62. The fraction of sp³-hybridized carbons (Fsp3) is 0. The molecular weight excluding hydrogens is 232 g/mol. The molecule has 0 aliphatic heterocycles. The van der Waals surface area contributed by atoms with Gasteiger partial charge >= 0.3 is 0 Å². The maximum atomic E-state index is 10.3. The zero-order chi connectivity index (χ0) is 14.3. The van der Waals surface area contributed by atoms with Crippen molar-refractivity contribution in [3.8, 4) is 0 Å². The average Bonchev–Trinajstić information content (AvgIpc) is 2.45. The number of aliphatic hydroxyl groups is 1. The van der Waals surface area contributed by atoms with E-state index in [1.54, 1.807) is 24.3 Å². The van der Waals surface area contributed by atoms with Gasteiger partial charge in [0, 0.05) is 11.1 Å². The van der Waals surface area contributed by atoms with Crippen LogP contribution in [0.2, 0.25) is 0 Å². The Kier molecular flexibility index (Phi) is 5.36. The summed E-state index contributed by atoms with van der Waals surface area (Å²) >= 11 is 0. The maximum absolute atomic E-state index is 10.3. The van der Waals surface area contributed by atoms with E-state index in [0.717, 1.165) is 5.56 Å². The summed E-state index contributed by atoms with van der Waals surface area (Å²) in [5, 5.41) is 10.3. The number of hydrogen-bond donors (Lipinski definition) is 1. The fourth-order valence-electron chi connectivity index (χ4n) is 1.57. The quantitative estimate of drug-likeness (QED) is 0.556. The van der Waals surface area contributed by atoms with Crippen molar-refractivity contribution >= 4 is 5.57 Å². The van der Waals surface area contributed by atoms with Crippen LogP contribution in [0.5, 0.6) is 0 Å². The second kappa shape index (κ2) is 7.02. The van der Waals surface area contributed by atoms with E-state index >= 15 is 0 Å². The van der Waals surface area contributed by atoms with Crippen LogP contribution in [0.15, 0.2) is 97.9 Å². The predicted octanol–water partition coefficient (Wildman–Crippen LogP) is 5.00. The Labute approximate surface area is 114 Å². The van der Waals surface area contributed by atoms with E-state index in [4.69, 9.17) is 0 Å². The molecule has 0 heterocycles. The topological polar surface area (TPSA) is 20.2 Å². The van der Waals surface area contributed by atoms with Gasteiger partial charge in [-0.15, -0.1) is 0 Å². The Bertz CT molecular complexity index is 557. The summed E-state index contributed by atoms with van der Waals surface area (Å²) in [4.78, 5) is 0. The van der Waals surface area contributed by atoms with Gasteiger partial charge in [-0.2, -0.15) is 0 Å². The normalized spacial score (nSPS) is 11.8. The monoisotopic (exact) mass is 250 g/mol. The van der Waals surface area contributed by atoms with Crippen molar-refractivity contribution in [2.75, 3.05) is 0 Å². The third kappa shape index (κ3) is 3.71. The van der Waals surface area contributed by atoms with Gasteiger partial charge in [-0.05, 0) is 11.1 Å². The van der Waals surface area contributed by atoms with Crippen LogP contribution < -0.4 is 0 Å². The molecule has 0 saturated heterocycles. The molecule has 1 aromatic carbocycles. The van der Waals surface area contributed by atoms with Crippen molar-refractivity contribution in [2.45, 2.75) is 0 Å². The van der Waals surface area contributed by atoms with Gasteiger partial charge < -0.3 is 5.11 Å². The Morgan fingerprint density at radius 1 is 1.05 bits per heavy atom. The van der Waals surface area contributed by atoms with Crippen molar-refractivity contribution in [3.05, 3.63) is 103 Å². The first-order valence-corrected chi connectivity index (χ1v) is 5.90. The molecule has 1 heteroatoms. The third-order valence-electron chi connectivity index (χ3n) is 2.65. The number of aliphatic hydroxyl groups excluding tert-OH is 1. The van der Waals surface area contributed by atoms with E-state index in [9.17, 15) is 5.11 Å². The molecule has 0 amide bonds. The molecule has 1 nitrogen and oxygen atoms in total. The Hall–Kier alpha value is -2.54. The summed E-state index contributed by atoms with van der Waals surface area (Å²) in [6.45, 7) is 15.0. The van der Waals surface area contributed by atoms with E-state index < -0.39 is 0 Å². The molecule has 0 radical (unpaired) electrons. The lowest BCUT2D eigenvalue weighted by Crippen LogP contribution is -1.94. The Balaban J connectivity index is 3.16. The highest BCUT2D eigenvalue weighted by Crippen LogP contribution is 2.25. The van der Waals surface area contributed by atoms with Crippen molar-refractivity contribution in [2.24, 2.45) is 0 Å². The maximum Gasteiger partial charge on any atom is 0.130 e. The van der Waals surface area contributed by atoms with Gasteiger partial charge in [0.15, 0.2) is 0 Å². The average molecular weight is 250 g/mol. The molecule has 0 aromatic heterocycles. The molecule has 0 fully saturated rings. The molecule has 0 atom stereocenters. The van der Waals surface area contributed by atoms with Gasteiger partial charge in [0.25, 0.3) is 0 Å². The third-order valence-corrected chi connectivity index (χ3v) is 2.65. The minimum Gasteiger partial charge on any atom is -0.507 e. The van der Waals surface area contributed by atoms with Crippen LogP contribution in [0.25, 0.3) is 5.57 Å². The first-order valence-electron chi connectivity index (χ1n) is 5.90. The smallest absolute Gasteiger partial charge is 0.130 e. The summed E-state index contributed by atoms with van der Waals surface area (Å²) in [6.07, 6.45) is 6.75. The SMILES string of the molecule is C=C/C=C\C(=C)C(=C)/C(O)=C(\C=C)c1ccccc1. The van der Waals surface area contributed by atoms with E-state index in [2.05, 4.69) is 26.3 Å². The lowest BCUT2D eigenvalue weighted by Gasteiger charge is -2.10. The van der Waals surface area contributed by atoms with Crippen molar-refractivity contribution < 1.29 is 5.11 Å². The van der Waals surface area contributed by atoms with Crippen LogP contribution in [-0.2, 0) is 0 Å². The van der Waals surface area contributed by atoms with Gasteiger partial charge in [0.1, 0.15) is 5.76 Å². The number of hydrogen-bond acceptors (Lipinski definition) is 1. The highest BCUT2D eigenvalue weighted by Gasteiger charge is 2.09. The molecule has 96 valence electrons. The van der Waals surface area contributed by atoms with Gasteiger partial charge in [-0.25, -0.2) is 0 Å². The summed E-state index contributed by atoms with van der Waals surface area (Å²) in [6, 6.07) is 9.54. The molecule has 0 unspecified atom stereocenters. The zero-order valence-corrected chi connectivity index (χ0v) is 11.0. The summed E-state index contributed by atoms with van der Waals surface area (Å²) in [5.74, 6) is 0.0833. The zero-order valence-electron chi connectivity index (χ0n) is 11.0. The molecule has 0 saturated carbocycles. The van der Waals surface area contributed by atoms with Crippen LogP contribution in [0.1, 0.15) is 5.56 Å². The first kappa shape index (κ1) is 14.5. The lowest BCUT2D eigenvalue weighted by molar-refractivity contribution is 0.429. The lowest BCUT2D eigenvalue weighted by atomic mass is 9.98. The predicted molar refractivity (Wildman–Crippen MR) is 83.8 cm³/mol.